The summed E-state index contributed by atoms with van der Waals surface area (Å²) in [4.78, 5) is 26.2. The summed E-state index contributed by atoms with van der Waals surface area (Å²) in [6, 6.07) is 0.654. The number of carbonyl (C=O) groups excluding carboxylic acids is 1. The second kappa shape index (κ2) is 5.31. The number of fused-ring (bicyclic) bond motifs is 2. The Morgan fingerprint density at radius 3 is 2.86 bits per heavy atom. The highest BCUT2D eigenvalue weighted by Crippen LogP contribution is 2.38. The van der Waals surface area contributed by atoms with Crippen molar-refractivity contribution in [3.8, 4) is 11.5 Å². The molecule has 1 saturated heterocycles. The first-order chi connectivity index (χ1) is 10.4. The normalized spacial score (nSPS) is 20.8. The molecule has 22 heavy (non-hydrogen) atoms. The number of ether oxygens (including phenoxy) is 1. The predicted octanol–water partition coefficient (Wildman–Crippen LogP) is 1.49. The van der Waals surface area contributed by atoms with Crippen LogP contribution < -0.4 is 4.74 Å². The van der Waals surface area contributed by atoms with Crippen LogP contribution in [0, 0.1) is 5.82 Å². The molecular weight excluding hydrogens is 363 g/mol. The molecular formula is C13H12BrFN2O5. The van der Waals surface area contributed by atoms with E-state index in [0.717, 1.165) is 6.07 Å². The van der Waals surface area contributed by atoms with Crippen molar-refractivity contribution in [1.29, 1.82) is 0 Å². The summed E-state index contributed by atoms with van der Waals surface area (Å²) >= 11 is 2.89. The lowest BCUT2D eigenvalue weighted by atomic mass is 10.1. The zero-order valence-corrected chi connectivity index (χ0v) is 12.8. The Kier molecular flexibility index (Phi) is 3.59. The molecule has 0 unspecified atom stereocenters. The maximum atomic E-state index is 14.2. The third-order valence-corrected chi connectivity index (χ3v) is 4.56. The highest BCUT2D eigenvalue weighted by molar-refractivity contribution is 9.10. The lowest BCUT2D eigenvalue weighted by molar-refractivity contribution is 0.0388. The number of carbonyl (C=O) groups is 2. The van der Waals surface area contributed by atoms with Gasteiger partial charge < -0.3 is 24.7 Å². The van der Waals surface area contributed by atoms with E-state index >= 15 is 0 Å². The van der Waals surface area contributed by atoms with Gasteiger partial charge in [-0.25, -0.2) is 9.18 Å². The van der Waals surface area contributed by atoms with Crippen molar-refractivity contribution in [3.05, 3.63) is 21.9 Å². The Balaban J connectivity index is 1.98. The summed E-state index contributed by atoms with van der Waals surface area (Å²) in [5.41, 5.74) is -0.0653. The van der Waals surface area contributed by atoms with Crippen molar-refractivity contribution in [2.45, 2.75) is 6.04 Å². The van der Waals surface area contributed by atoms with E-state index in [1.54, 1.807) is 0 Å². The first-order valence-corrected chi connectivity index (χ1v) is 7.32. The standard InChI is InChI=1S/C13H12BrFN2O5/c14-9-8(18)3-7-11(10(9)15)22-5-6-4-16(13(20)21)1-2-17(6)12(7)19/h3,6,18H,1-2,4-5H2,(H,20,21)/t6-/m1/s1. The summed E-state index contributed by atoms with van der Waals surface area (Å²) in [5, 5.41) is 18.7. The monoisotopic (exact) mass is 374 g/mol. The summed E-state index contributed by atoms with van der Waals surface area (Å²) in [7, 11) is 0. The summed E-state index contributed by atoms with van der Waals surface area (Å²) in [5.74, 6) is -1.95. The molecule has 9 heteroatoms. The fourth-order valence-electron chi connectivity index (χ4n) is 2.67. The Hall–Kier alpha value is -2.03. The third kappa shape index (κ3) is 2.25. The van der Waals surface area contributed by atoms with Gasteiger partial charge in [0, 0.05) is 19.6 Å². The Morgan fingerprint density at radius 2 is 2.18 bits per heavy atom. The van der Waals surface area contributed by atoms with Crippen molar-refractivity contribution >= 4 is 27.9 Å². The molecule has 0 radical (unpaired) electrons. The topological polar surface area (TPSA) is 90.3 Å². The maximum Gasteiger partial charge on any atom is 0.407 e. The van der Waals surface area contributed by atoms with Gasteiger partial charge >= 0.3 is 6.09 Å². The van der Waals surface area contributed by atoms with Gasteiger partial charge in [-0.15, -0.1) is 0 Å². The Labute approximate surface area is 133 Å². The average molecular weight is 375 g/mol. The van der Waals surface area contributed by atoms with Crippen molar-refractivity contribution in [2.75, 3.05) is 26.2 Å². The molecule has 7 nitrogen and oxygen atoms in total. The Bertz CT molecular complexity index is 668. The molecule has 2 heterocycles. The number of aromatic hydroxyl groups is 1. The number of benzene rings is 1. The van der Waals surface area contributed by atoms with Crippen LogP contribution in [0.5, 0.6) is 11.5 Å². The molecule has 2 aliphatic heterocycles. The van der Waals surface area contributed by atoms with Gasteiger partial charge in [-0.2, -0.15) is 0 Å². The minimum atomic E-state index is -1.07. The fourth-order valence-corrected chi connectivity index (χ4v) is 2.96. The number of halogens is 2. The van der Waals surface area contributed by atoms with Gasteiger partial charge in [0.15, 0.2) is 11.6 Å². The molecule has 2 aliphatic rings. The molecule has 2 amide bonds. The molecule has 0 aliphatic carbocycles. The van der Waals surface area contributed by atoms with E-state index in [1.165, 1.54) is 9.80 Å². The first-order valence-electron chi connectivity index (χ1n) is 6.52. The van der Waals surface area contributed by atoms with Crippen LogP contribution in [0.3, 0.4) is 0 Å². The molecule has 1 aromatic carbocycles. The molecule has 118 valence electrons. The number of hydrogen-bond acceptors (Lipinski definition) is 4. The highest BCUT2D eigenvalue weighted by Gasteiger charge is 2.38. The van der Waals surface area contributed by atoms with E-state index in [4.69, 9.17) is 9.84 Å². The number of amides is 2. The van der Waals surface area contributed by atoms with Crippen LogP contribution in [-0.4, -0.2) is 64.3 Å². The molecule has 2 N–H and O–H groups in total. The molecule has 1 aromatic rings. The van der Waals surface area contributed by atoms with E-state index in [1.807, 2.05) is 0 Å². The number of rotatable bonds is 0. The van der Waals surface area contributed by atoms with Crippen LogP contribution in [0.2, 0.25) is 0 Å². The van der Waals surface area contributed by atoms with Crippen LogP contribution >= 0.6 is 15.9 Å². The van der Waals surface area contributed by atoms with Crippen LogP contribution in [0.1, 0.15) is 10.4 Å². The first kappa shape index (κ1) is 14.9. The van der Waals surface area contributed by atoms with E-state index in [0.29, 0.717) is 0 Å². The van der Waals surface area contributed by atoms with E-state index < -0.39 is 29.6 Å². The van der Waals surface area contributed by atoms with Crippen LogP contribution in [-0.2, 0) is 0 Å². The number of piperazine rings is 1. The summed E-state index contributed by atoms with van der Waals surface area (Å²) < 4.78 is 19.4. The number of phenolic OH excluding ortho intramolecular Hbond substituents is 1. The molecule has 0 saturated carbocycles. The number of phenols is 1. The molecule has 0 bridgehead atoms. The van der Waals surface area contributed by atoms with E-state index in [9.17, 15) is 19.1 Å². The molecule has 1 fully saturated rings. The predicted molar refractivity (Wildman–Crippen MR) is 75.7 cm³/mol. The van der Waals surface area contributed by atoms with Gasteiger partial charge in [0.2, 0.25) is 0 Å². The van der Waals surface area contributed by atoms with Crippen molar-refractivity contribution in [2.24, 2.45) is 0 Å². The third-order valence-electron chi connectivity index (χ3n) is 3.81. The summed E-state index contributed by atoms with van der Waals surface area (Å²) in [6.07, 6.45) is -1.07. The van der Waals surface area contributed by atoms with Crippen LogP contribution in [0.4, 0.5) is 9.18 Å². The lowest BCUT2D eigenvalue weighted by Crippen LogP contribution is -2.57. The van der Waals surface area contributed by atoms with Gasteiger partial charge in [-0.05, 0) is 22.0 Å². The van der Waals surface area contributed by atoms with E-state index in [-0.39, 0.29) is 42.0 Å². The minimum absolute atomic E-state index is 0.0172. The maximum absolute atomic E-state index is 14.2. The van der Waals surface area contributed by atoms with Crippen LogP contribution in [0.15, 0.2) is 10.5 Å². The number of carboxylic acid groups (broad SMARTS) is 1. The molecule has 3 rings (SSSR count). The number of hydrogen-bond donors (Lipinski definition) is 2. The quantitative estimate of drug-likeness (QED) is 0.717. The second-order valence-corrected chi connectivity index (χ2v) is 5.89. The zero-order valence-electron chi connectivity index (χ0n) is 11.3. The van der Waals surface area contributed by atoms with Gasteiger partial charge in [-0.3, -0.25) is 4.79 Å². The van der Waals surface area contributed by atoms with Crippen molar-refractivity contribution < 1.29 is 28.9 Å². The van der Waals surface area contributed by atoms with Gasteiger partial charge in [0.05, 0.1) is 16.1 Å². The lowest BCUT2D eigenvalue weighted by Gasteiger charge is -2.38. The van der Waals surface area contributed by atoms with E-state index in [2.05, 4.69) is 15.9 Å². The molecule has 1 atom stereocenters. The SMILES string of the molecule is O=C(O)N1CCN2C(=O)c3cc(O)c(Br)c(F)c3OC[C@H]2C1. The molecule has 0 spiro atoms. The van der Waals surface area contributed by atoms with Gasteiger partial charge in [-0.1, -0.05) is 0 Å². The molecule has 0 aromatic heterocycles. The zero-order chi connectivity index (χ0) is 16.0. The van der Waals surface area contributed by atoms with Crippen LogP contribution in [0.25, 0.3) is 0 Å². The Morgan fingerprint density at radius 1 is 1.45 bits per heavy atom. The highest BCUT2D eigenvalue weighted by atomic mass is 79.9. The largest absolute Gasteiger partial charge is 0.507 e. The van der Waals surface area contributed by atoms with Crippen molar-refractivity contribution in [3.63, 3.8) is 0 Å². The summed E-state index contributed by atoms with van der Waals surface area (Å²) in [6.45, 7) is 0.454. The van der Waals surface area contributed by atoms with Gasteiger partial charge in [0.25, 0.3) is 5.91 Å². The minimum Gasteiger partial charge on any atom is -0.507 e. The number of nitrogens with zero attached hydrogens (tertiary/aromatic N) is 2. The van der Waals surface area contributed by atoms with Gasteiger partial charge in [0.1, 0.15) is 12.4 Å². The van der Waals surface area contributed by atoms with Crippen molar-refractivity contribution in [1.82, 2.24) is 9.80 Å². The smallest absolute Gasteiger partial charge is 0.407 e. The average Bonchev–Trinajstić information content (AvgIpc) is 2.63. The second-order valence-electron chi connectivity index (χ2n) is 5.09. The fraction of sp³-hybridized carbons (Fsp3) is 0.385.